The number of halogens is 1. The maximum absolute atomic E-state index is 12.2. The van der Waals surface area contributed by atoms with Gasteiger partial charge in [-0.3, -0.25) is 9.69 Å². The Morgan fingerprint density at radius 1 is 1.30 bits per heavy atom. The van der Waals surface area contributed by atoms with Gasteiger partial charge in [0.05, 0.1) is 5.69 Å². The van der Waals surface area contributed by atoms with E-state index in [1.165, 1.54) is 4.90 Å². The molecule has 1 amide bonds. The van der Waals surface area contributed by atoms with Gasteiger partial charge in [-0.15, -0.1) is 11.6 Å². The maximum Gasteiger partial charge on any atom is 0.299 e. The normalized spacial score (nSPS) is 13.4. The van der Waals surface area contributed by atoms with Gasteiger partial charge in [-0.05, 0) is 12.1 Å². The molecular formula is C14H11ClN3O2+. The van der Waals surface area contributed by atoms with Crippen molar-refractivity contribution >= 4 is 34.7 Å². The number of aromatic nitrogens is 1. The average Bonchev–Trinajstić information content (AvgIpc) is 2.61. The number of nitroso groups, excluding NO2 is 1. The second kappa shape index (κ2) is 5.02. The average molecular weight is 289 g/mol. The van der Waals surface area contributed by atoms with Gasteiger partial charge in [0.1, 0.15) is 5.88 Å². The highest BCUT2D eigenvalue weighted by molar-refractivity contribution is 6.30. The quantitative estimate of drug-likeness (QED) is 0.599. The van der Waals surface area contributed by atoms with E-state index in [0.29, 0.717) is 17.2 Å². The van der Waals surface area contributed by atoms with Crippen molar-refractivity contribution in [3.63, 3.8) is 0 Å². The Morgan fingerprint density at radius 2 is 2.10 bits per heavy atom. The van der Waals surface area contributed by atoms with E-state index in [1.54, 1.807) is 24.4 Å². The van der Waals surface area contributed by atoms with E-state index < -0.39 is 0 Å². The minimum atomic E-state index is -0.311. The molecule has 3 rings (SSSR count). The molecule has 0 fully saturated rings. The fraction of sp³-hybridized carbons (Fsp3) is 0.143. The van der Waals surface area contributed by atoms with Crippen molar-refractivity contribution in [3.05, 3.63) is 53.1 Å². The van der Waals surface area contributed by atoms with Crippen LogP contribution in [0.3, 0.4) is 0 Å². The van der Waals surface area contributed by atoms with Gasteiger partial charge < -0.3 is 0 Å². The van der Waals surface area contributed by atoms with Crippen LogP contribution in [0.5, 0.6) is 0 Å². The summed E-state index contributed by atoms with van der Waals surface area (Å²) in [4.78, 5) is 30.0. The number of amides is 1. The molecule has 1 aromatic carbocycles. The number of carbonyl (C=O) groups is 1. The maximum atomic E-state index is 12.2. The Balaban J connectivity index is 2.29. The molecule has 1 aliphatic rings. The number of carbonyl (C=O) groups excluding carboxylic acids is 1. The Labute approximate surface area is 120 Å². The molecule has 0 aliphatic carbocycles. The molecule has 1 aliphatic heterocycles. The molecule has 5 nitrogen and oxygen atoms in total. The van der Waals surface area contributed by atoms with Crippen LogP contribution in [-0.2, 0) is 11.3 Å². The number of hydrogen-bond donors (Lipinski definition) is 0. The highest BCUT2D eigenvalue weighted by Gasteiger charge is 2.34. The Morgan fingerprint density at radius 3 is 2.90 bits per heavy atom. The third kappa shape index (κ3) is 1.96. The van der Waals surface area contributed by atoms with E-state index in [-0.39, 0.29) is 18.3 Å². The fourth-order valence-corrected chi connectivity index (χ4v) is 2.40. The number of pyridine rings is 1. The first-order chi connectivity index (χ1) is 9.72. The van der Waals surface area contributed by atoms with Crippen molar-refractivity contribution in [2.75, 3.05) is 10.8 Å². The van der Waals surface area contributed by atoms with Crippen LogP contribution in [0.2, 0.25) is 0 Å². The summed E-state index contributed by atoms with van der Waals surface area (Å²) < 4.78 is 0.836. The number of nitrogens with zero attached hydrogens (tertiary/aromatic N) is 3. The standard InChI is InChI=1S/C14H11ClN3O2/c15-8-13(19)18-11-5-2-1-4-10(11)9-17(20)12-6-3-7-16-14(12)18/h1-7H,8-9H2/q+1. The van der Waals surface area contributed by atoms with Crippen molar-refractivity contribution in [2.45, 2.75) is 6.54 Å². The highest BCUT2D eigenvalue weighted by atomic mass is 35.5. The summed E-state index contributed by atoms with van der Waals surface area (Å²) >= 11 is 5.70. The van der Waals surface area contributed by atoms with Gasteiger partial charge in [-0.1, -0.05) is 18.2 Å². The number of anilines is 2. The van der Waals surface area contributed by atoms with Gasteiger partial charge in [0.2, 0.25) is 18.3 Å². The molecule has 0 bridgehead atoms. The first-order valence-electron chi connectivity index (χ1n) is 6.09. The monoisotopic (exact) mass is 288 g/mol. The topological polar surface area (TPSA) is 53.3 Å². The smallest absolute Gasteiger partial charge is 0.273 e. The summed E-state index contributed by atoms with van der Waals surface area (Å²) in [5.41, 5.74) is 1.78. The van der Waals surface area contributed by atoms with Gasteiger partial charge >= 0.3 is 0 Å². The van der Waals surface area contributed by atoms with E-state index in [9.17, 15) is 9.70 Å². The third-order valence-electron chi connectivity index (χ3n) is 3.16. The molecule has 0 spiro atoms. The van der Waals surface area contributed by atoms with Crippen molar-refractivity contribution in [3.8, 4) is 0 Å². The number of fused-ring (bicyclic) bond motifs is 2. The van der Waals surface area contributed by atoms with Gasteiger partial charge in [-0.2, -0.15) is 0 Å². The van der Waals surface area contributed by atoms with Gasteiger partial charge in [-0.25, -0.2) is 4.98 Å². The summed E-state index contributed by atoms with van der Waals surface area (Å²) in [6.07, 6.45) is 1.55. The lowest BCUT2D eigenvalue weighted by molar-refractivity contribution is -0.478. The molecule has 0 N–H and O–H groups in total. The second-order valence-corrected chi connectivity index (χ2v) is 4.64. The number of para-hydroxylation sites is 1. The molecule has 6 heteroatoms. The molecule has 0 saturated heterocycles. The molecular weight excluding hydrogens is 278 g/mol. The summed E-state index contributed by atoms with van der Waals surface area (Å²) in [6.45, 7) is 0.168. The van der Waals surface area contributed by atoms with Gasteiger partial charge in [0.25, 0.3) is 5.69 Å². The molecule has 0 radical (unpaired) electrons. The van der Waals surface area contributed by atoms with E-state index in [2.05, 4.69) is 4.98 Å². The molecule has 1 aromatic heterocycles. The van der Waals surface area contributed by atoms with Crippen LogP contribution in [0.15, 0.2) is 42.6 Å². The number of alkyl halides is 1. The predicted molar refractivity (Wildman–Crippen MR) is 75.5 cm³/mol. The molecule has 2 heterocycles. The molecule has 20 heavy (non-hydrogen) atoms. The largest absolute Gasteiger partial charge is 0.299 e. The van der Waals surface area contributed by atoms with Crippen LogP contribution >= 0.6 is 11.6 Å². The Bertz CT molecular complexity index is 702. The molecule has 0 unspecified atom stereocenters. The number of rotatable bonds is 1. The summed E-state index contributed by atoms with van der Waals surface area (Å²) in [5, 5.41) is 0. The van der Waals surface area contributed by atoms with Crippen LogP contribution in [-0.4, -0.2) is 21.5 Å². The van der Waals surface area contributed by atoms with E-state index >= 15 is 0 Å². The summed E-state index contributed by atoms with van der Waals surface area (Å²) in [7, 11) is 0. The van der Waals surface area contributed by atoms with Crippen LogP contribution in [0, 0.1) is 4.91 Å². The number of hydrogen-bond acceptors (Lipinski definition) is 3. The SMILES string of the molecule is O=C(CCl)N1c2ccccc2C[N+](=O)c2cccnc21. The fourth-order valence-electron chi connectivity index (χ4n) is 2.28. The molecule has 0 atom stereocenters. The predicted octanol–water partition coefficient (Wildman–Crippen LogP) is 2.91. The van der Waals surface area contributed by atoms with Crippen molar-refractivity contribution in [1.29, 1.82) is 0 Å². The lowest BCUT2D eigenvalue weighted by Gasteiger charge is -2.19. The molecule has 100 valence electrons. The van der Waals surface area contributed by atoms with E-state index in [4.69, 9.17) is 11.6 Å². The third-order valence-corrected chi connectivity index (χ3v) is 3.39. The second-order valence-electron chi connectivity index (χ2n) is 4.37. The van der Waals surface area contributed by atoms with Crippen molar-refractivity contribution in [2.24, 2.45) is 0 Å². The summed E-state index contributed by atoms with van der Waals surface area (Å²) in [5.74, 6) is -0.170. The minimum absolute atomic E-state index is 0.168. The molecule has 2 aromatic rings. The lowest BCUT2D eigenvalue weighted by atomic mass is 10.1. The van der Waals surface area contributed by atoms with Gasteiger partial charge in [0.15, 0.2) is 0 Å². The van der Waals surface area contributed by atoms with Crippen LogP contribution < -0.4 is 4.90 Å². The summed E-state index contributed by atoms with van der Waals surface area (Å²) in [6, 6.07) is 10.6. The van der Waals surface area contributed by atoms with Crippen LogP contribution in [0.1, 0.15) is 5.56 Å². The molecule has 0 saturated carbocycles. The van der Waals surface area contributed by atoms with E-state index in [1.807, 2.05) is 18.2 Å². The van der Waals surface area contributed by atoms with Crippen molar-refractivity contribution in [1.82, 2.24) is 4.98 Å². The van der Waals surface area contributed by atoms with Crippen molar-refractivity contribution < 1.29 is 9.55 Å². The van der Waals surface area contributed by atoms with Crippen LogP contribution in [0.4, 0.5) is 17.2 Å². The number of benzene rings is 1. The highest BCUT2D eigenvalue weighted by Crippen LogP contribution is 2.38. The first kappa shape index (κ1) is 12.7. The lowest BCUT2D eigenvalue weighted by Crippen LogP contribution is -2.28. The Hall–Kier alpha value is -2.27. The zero-order chi connectivity index (χ0) is 14.1. The zero-order valence-corrected chi connectivity index (χ0v) is 11.2. The zero-order valence-electron chi connectivity index (χ0n) is 10.5. The minimum Gasteiger partial charge on any atom is -0.273 e. The Kier molecular flexibility index (Phi) is 3.20. The van der Waals surface area contributed by atoms with E-state index in [0.717, 1.165) is 10.3 Å². The van der Waals surface area contributed by atoms with Gasteiger partial charge in [0, 0.05) is 27.5 Å². The first-order valence-corrected chi connectivity index (χ1v) is 6.62. The van der Waals surface area contributed by atoms with Crippen LogP contribution in [0.25, 0.3) is 0 Å².